The first kappa shape index (κ1) is 10.2. The third kappa shape index (κ3) is 2.37. The van der Waals surface area contributed by atoms with E-state index in [2.05, 4.69) is 21.8 Å². The Labute approximate surface area is 89.3 Å². The number of hydrogen-bond acceptors (Lipinski definition) is 3. The van der Waals surface area contributed by atoms with Gasteiger partial charge in [0.1, 0.15) is 5.82 Å². The Morgan fingerprint density at radius 2 is 2.53 bits per heavy atom. The normalized spacial score (nSPS) is 20.9. The molecule has 0 amide bonds. The van der Waals surface area contributed by atoms with Gasteiger partial charge in [-0.15, -0.1) is 0 Å². The van der Waals surface area contributed by atoms with Crippen LogP contribution in [0, 0.1) is 5.92 Å². The second kappa shape index (κ2) is 4.47. The molecule has 1 fully saturated rings. The summed E-state index contributed by atoms with van der Waals surface area (Å²) in [5.41, 5.74) is -0.0704. The van der Waals surface area contributed by atoms with Crippen molar-refractivity contribution in [3.05, 3.63) is 22.7 Å². The summed E-state index contributed by atoms with van der Waals surface area (Å²) in [7, 11) is 0. The summed E-state index contributed by atoms with van der Waals surface area (Å²) in [6.45, 7) is 4.29. The second-order valence-electron chi connectivity index (χ2n) is 4.16. The largest absolute Gasteiger partial charge is 0.356 e. The molecule has 0 aromatic carbocycles. The van der Waals surface area contributed by atoms with E-state index in [0.717, 1.165) is 24.8 Å². The van der Waals surface area contributed by atoms with Gasteiger partial charge in [-0.05, 0) is 18.8 Å². The molecule has 1 aliphatic rings. The van der Waals surface area contributed by atoms with Gasteiger partial charge in [0.15, 0.2) is 0 Å². The quantitative estimate of drug-likeness (QED) is 0.815. The van der Waals surface area contributed by atoms with Gasteiger partial charge in [0, 0.05) is 19.2 Å². The molecule has 4 heteroatoms. The number of nitrogens with zero attached hydrogens (tertiary/aromatic N) is 2. The van der Waals surface area contributed by atoms with E-state index in [4.69, 9.17) is 0 Å². The zero-order chi connectivity index (χ0) is 10.7. The predicted molar refractivity (Wildman–Crippen MR) is 60.1 cm³/mol. The first-order valence-corrected chi connectivity index (χ1v) is 5.59. The van der Waals surface area contributed by atoms with Crippen LogP contribution in [0.25, 0.3) is 0 Å². The zero-order valence-electron chi connectivity index (χ0n) is 9.07. The van der Waals surface area contributed by atoms with Gasteiger partial charge in [0.2, 0.25) is 0 Å². The molecule has 1 aromatic rings. The highest BCUT2D eigenvalue weighted by atomic mass is 16.1. The van der Waals surface area contributed by atoms with Gasteiger partial charge in [-0.2, -0.15) is 0 Å². The van der Waals surface area contributed by atoms with Crippen LogP contribution in [0.4, 0.5) is 5.82 Å². The Bertz CT molecular complexity index is 374. The van der Waals surface area contributed by atoms with Crippen LogP contribution in [0.5, 0.6) is 0 Å². The van der Waals surface area contributed by atoms with Crippen LogP contribution in [-0.2, 0) is 0 Å². The summed E-state index contributed by atoms with van der Waals surface area (Å²) in [5.74, 6) is 1.59. The Balaban J connectivity index is 2.04. The fourth-order valence-electron chi connectivity index (χ4n) is 2.22. The number of hydrogen-bond donors (Lipinski definition) is 1. The molecule has 2 heterocycles. The van der Waals surface area contributed by atoms with Crippen molar-refractivity contribution in [3.8, 4) is 0 Å². The van der Waals surface area contributed by atoms with Crippen LogP contribution in [0.15, 0.2) is 17.2 Å². The number of aromatic nitrogens is 2. The van der Waals surface area contributed by atoms with Crippen molar-refractivity contribution < 1.29 is 0 Å². The van der Waals surface area contributed by atoms with E-state index in [0.29, 0.717) is 0 Å². The van der Waals surface area contributed by atoms with Gasteiger partial charge in [0.25, 0.3) is 5.56 Å². The Hall–Kier alpha value is -1.32. The fourth-order valence-corrected chi connectivity index (χ4v) is 2.22. The molecule has 1 unspecified atom stereocenters. The maximum absolute atomic E-state index is 11.1. The number of H-pyrrole nitrogens is 1. The fraction of sp³-hybridized carbons (Fsp3) is 0.636. The summed E-state index contributed by atoms with van der Waals surface area (Å²) in [5, 5.41) is 0. The second-order valence-corrected chi connectivity index (χ2v) is 4.16. The number of anilines is 1. The molecule has 2 rings (SSSR count). The summed E-state index contributed by atoms with van der Waals surface area (Å²) in [4.78, 5) is 20.1. The van der Waals surface area contributed by atoms with Gasteiger partial charge in [-0.3, -0.25) is 4.79 Å². The van der Waals surface area contributed by atoms with Gasteiger partial charge in [-0.1, -0.05) is 13.3 Å². The van der Waals surface area contributed by atoms with Crippen LogP contribution >= 0.6 is 0 Å². The average molecular weight is 207 g/mol. The lowest BCUT2D eigenvalue weighted by Gasteiger charge is -2.16. The molecule has 1 atom stereocenters. The summed E-state index contributed by atoms with van der Waals surface area (Å²) >= 11 is 0. The zero-order valence-corrected chi connectivity index (χ0v) is 9.07. The van der Waals surface area contributed by atoms with Crippen molar-refractivity contribution in [3.63, 3.8) is 0 Å². The molecule has 4 nitrogen and oxygen atoms in total. The highest BCUT2D eigenvalue weighted by molar-refractivity contribution is 5.37. The standard InChI is InChI=1S/C11H17N3O/c1-2-3-9-4-5-14(7-9)10-6-11(15)13-8-12-10/h6,8-9H,2-5,7H2,1H3,(H,12,13,15). The van der Waals surface area contributed by atoms with Gasteiger partial charge in [-0.25, -0.2) is 4.98 Å². The highest BCUT2D eigenvalue weighted by Gasteiger charge is 2.22. The lowest BCUT2D eigenvalue weighted by Crippen LogP contribution is -2.22. The molecule has 1 saturated heterocycles. The van der Waals surface area contributed by atoms with Crippen molar-refractivity contribution in [2.45, 2.75) is 26.2 Å². The van der Waals surface area contributed by atoms with Crippen LogP contribution in [-0.4, -0.2) is 23.1 Å². The molecular formula is C11H17N3O. The molecule has 0 saturated carbocycles. The molecule has 1 N–H and O–H groups in total. The minimum atomic E-state index is -0.0704. The van der Waals surface area contributed by atoms with Gasteiger partial charge < -0.3 is 9.88 Å². The van der Waals surface area contributed by atoms with E-state index >= 15 is 0 Å². The van der Waals surface area contributed by atoms with Crippen molar-refractivity contribution in [1.29, 1.82) is 0 Å². The van der Waals surface area contributed by atoms with Crippen LogP contribution in [0.2, 0.25) is 0 Å². The first-order valence-electron chi connectivity index (χ1n) is 5.59. The minimum absolute atomic E-state index is 0.0704. The van der Waals surface area contributed by atoms with E-state index in [1.165, 1.54) is 25.6 Å². The lowest BCUT2D eigenvalue weighted by atomic mass is 10.0. The van der Waals surface area contributed by atoms with Crippen molar-refractivity contribution in [2.24, 2.45) is 5.92 Å². The molecular weight excluding hydrogens is 190 g/mol. The topological polar surface area (TPSA) is 49.0 Å². The van der Waals surface area contributed by atoms with Crippen LogP contribution < -0.4 is 10.5 Å². The number of nitrogens with one attached hydrogen (secondary N) is 1. The molecule has 1 aliphatic heterocycles. The lowest BCUT2D eigenvalue weighted by molar-refractivity contribution is 0.529. The van der Waals surface area contributed by atoms with Crippen LogP contribution in [0.3, 0.4) is 0 Å². The average Bonchev–Trinajstić information content (AvgIpc) is 2.67. The molecule has 0 aliphatic carbocycles. The summed E-state index contributed by atoms with van der Waals surface area (Å²) < 4.78 is 0. The number of aromatic amines is 1. The molecule has 1 aromatic heterocycles. The van der Waals surface area contributed by atoms with Crippen molar-refractivity contribution in [1.82, 2.24) is 9.97 Å². The molecule has 82 valence electrons. The van der Waals surface area contributed by atoms with E-state index in [1.54, 1.807) is 6.07 Å². The van der Waals surface area contributed by atoms with Gasteiger partial charge >= 0.3 is 0 Å². The third-order valence-corrected chi connectivity index (χ3v) is 2.97. The molecule has 0 spiro atoms. The molecule has 0 radical (unpaired) electrons. The number of rotatable bonds is 3. The third-order valence-electron chi connectivity index (χ3n) is 2.97. The van der Waals surface area contributed by atoms with E-state index in [9.17, 15) is 4.79 Å². The maximum Gasteiger partial charge on any atom is 0.252 e. The van der Waals surface area contributed by atoms with Crippen molar-refractivity contribution in [2.75, 3.05) is 18.0 Å². The van der Waals surface area contributed by atoms with Gasteiger partial charge in [0.05, 0.1) is 6.33 Å². The van der Waals surface area contributed by atoms with Crippen molar-refractivity contribution >= 4 is 5.82 Å². The Morgan fingerprint density at radius 3 is 3.27 bits per heavy atom. The smallest absolute Gasteiger partial charge is 0.252 e. The first-order chi connectivity index (χ1) is 7.29. The Morgan fingerprint density at radius 1 is 1.67 bits per heavy atom. The minimum Gasteiger partial charge on any atom is -0.356 e. The van der Waals surface area contributed by atoms with E-state index < -0.39 is 0 Å². The predicted octanol–water partition coefficient (Wildman–Crippen LogP) is 1.40. The summed E-state index contributed by atoms with van der Waals surface area (Å²) in [6.07, 6.45) is 5.22. The maximum atomic E-state index is 11.1. The molecule has 15 heavy (non-hydrogen) atoms. The monoisotopic (exact) mass is 207 g/mol. The van der Waals surface area contributed by atoms with Crippen LogP contribution in [0.1, 0.15) is 26.2 Å². The molecule has 0 bridgehead atoms. The SMILES string of the molecule is CCCC1CCN(c2cc(=O)[nH]cn2)C1. The summed E-state index contributed by atoms with van der Waals surface area (Å²) in [6, 6.07) is 1.58. The Kier molecular flexibility index (Phi) is 3.04. The van der Waals surface area contributed by atoms with E-state index in [1.807, 2.05) is 0 Å². The van der Waals surface area contributed by atoms with E-state index in [-0.39, 0.29) is 5.56 Å². The highest BCUT2D eigenvalue weighted by Crippen LogP contribution is 2.23.